The SMILES string of the molecule is COc1cc(C(=O)Nc2cc(S(=O)(=O)N3CCOCC3)ccc2C)cc(OC)c1OC. The van der Waals surface area contributed by atoms with Gasteiger partial charge in [0.25, 0.3) is 5.91 Å². The summed E-state index contributed by atoms with van der Waals surface area (Å²) in [6.07, 6.45) is 0. The van der Waals surface area contributed by atoms with E-state index in [0.717, 1.165) is 5.56 Å². The fourth-order valence-electron chi connectivity index (χ4n) is 3.24. The first-order chi connectivity index (χ1) is 14.8. The minimum Gasteiger partial charge on any atom is -0.493 e. The van der Waals surface area contributed by atoms with E-state index in [9.17, 15) is 13.2 Å². The summed E-state index contributed by atoms with van der Waals surface area (Å²) in [5.41, 5.74) is 1.39. The Morgan fingerprint density at radius 1 is 1.00 bits per heavy atom. The van der Waals surface area contributed by atoms with Crippen molar-refractivity contribution in [3.8, 4) is 17.2 Å². The normalized spacial score (nSPS) is 14.7. The van der Waals surface area contributed by atoms with E-state index in [1.165, 1.54) is 49.9 Å². The molecule has 31 heavy (non-hydrogen) atoms. The average molecular weight is 451 g/mol. The van der Waals surface area contributed by atoms with Gasteiger partial charge >= 0.3 is 0 Å². The molecule has 1 amide bonds. The first-order valence-electron chi connectivity index (χ1n) is 9.61. The van der Waals surface area contributed by atoms with Crippen LogP contribution in [0.25, 0.3) is 0 Å². The van der Waals surface area contributed by atoms with E-state index in [0.29, 0.717) is 49.2 Å². The number of sulfonamides is 1. The molecule has 1 saturated heterocycles. The smallest absolute Gasteiger partial charge is 0.255 e. The Labute approximate surface area is 181 Å². The Hall–Kier alpha value is -2.82. The van der Waals surface area contributed by atoms with E-state index in [1.54, 1.807) is 13.0 Å². The molecule has 10 heteroatoms. The van der Waals surface area contributed by atoms with Crippen LogP contribution in [0.3, 0.4) is 0 Å². The number of carbonyl (C=O) groups excluding carboxylic acids is 1. The van der Waals surface area contributed by atoms with Crippen molar-refractivity contribution in [3.05, 3.63) is 41.5 Å². The number of morpholine rings is 1. The second-order valence-electron chi connectivity index (χ2n) is 6.86. The molecule has 0 radical (unpaired) electrons. The summed E-state index contributed by atoms with van der Waals surface area (Å²) in [6.45, 7) is 3.09. The Balaban J connectivity index is 1.91. The maximum absolute atomic E-state index is 13.0. The first-order valence-corrected chi connectivity index (χ1v) is 11.1. The lowest BCUT2D eigenvalue weighted by molar-refractivity contribution is 0.0730. The summed E-state index contributed by atoms with van der Waals surface area (Å²) in [7, 11) is 0.712. The number of rotatable bonds is 7. The number of benzene rings is 2. The van der Waals surface area contributed by atoms with Crippen LogP contribution >= 0.6 is 0 Å². The highest BCUT2D eigenvalue weighted by Gasteiger charge is 2.27. The molecular weight excluding hydrogens is 424 g/mol. The summed E-state index contributed by atoms with van der Waals surface area (Å²) in [6, 6.07) is 7.73. The van der Waals surface area contributed by atoms with Crippen molar-refractivity contribution < 1.29 is 32.2 Å². The van der Waals surface area contributed by atoms with Gasteiger partial charge in [0.2, 0.25) is 15.8 Å². The van der Waals surface area contributed by atoms with E-state index >= 15 is 0 Å². The predicted octanol–water partition coefficient (Wildman–Crippen LogP) is 2.29. The second kappa shape index (κ2) is 9.54. The number of ether oxygens (including phenoxy) is 4. The van der Waals surface area contributed by atoms with Gasteiger partial charge in [0.15, 0.2) is 11.5 Å². The van der Waals surface area contributed by atoms with Crippen molar-refractivity contribution in [1.82, 2.24) is 4.31 Å². The Morgan fingerprint density at radius 2 is 1.61 bits per heavy atom. The van der Waals surface area contributed by atoms with Gasteiger partial charge in [0, 0.05) is 24.3 Å². The monoisotopic (exact) mass is 450 g/mol. The minimum absolute atomic E-state index is 0.111. The zero-order valence-corrected chi connectivity index (χ0v) is 18.7. The van der Waals surface area contributed by atoms with Gasteiger partial charge in [0.05, 0.1) is 39.4 Å². The van der Waals surface area contributed by atoms with Crippen LogP contribution in [-0.2, 0) is 14.8 Å². The van der Waals surface area contributed by atoms with Crippen LogP contribution in [0.1, 0.15) is 15.9 Å². The summed E-state index contributed by atoms with van der Waals surface area (Å²) < 4.78 is 48.4. The molecule has 0 saturated carbocycles. The van der Waals surface area contributed by atoms with E-state index in [-0.39, 0.29) is 10.5 Å². The van der Waals surface area contributed by atoms with Crippen molar-refractivity contribution in [2.45, 2.75) is 11.8 Å². The highest BCUT2D eigenvalue weighted by Crippen LogP contribution is 2.38. The number of nitrogens with one attached hydrogen (secondary N) is 1. The van der Waals surface area contributed by atoms with E-state index < -0.39 is 15.9 Å². The highest BCUT2D eigenvalue weighted by molar-refractivity contribution is 7.89. The van der Waals surface area contributed by atoms with E-state index in [2.05, 4.69) is 5.32 Å². The van der Waals surface area contributed by atoms with Gasteiger partial charge in [-0.15, -0.1) is 0 Å². The number of amides is 1. The largest absolute Gasteiger partial charge is 0.493 e. The molecule has 2 aromatic rings. The fourth-order valence-corrected chi connectivity index (χ4v) is 4.67. The molecule has 0 aliphatic carbocycles. The maximum atomic E-state index is 13.0. The summed E-state index contributed by atoms with van der Waals surface area (Å²) >= 11 is 0. The molecular formula is C21H26N2O7S. The number of aryl methyl sites for hydroxylation is 1. The number of methoxy groups -OCH3 is 3. The van der Waals surface area contributed by atoms with E-state index in [4.69, 9.17) is 18.9 Å². The number of hydrogen-bond acceptors (Lipinski definition) is 7. The number of nitrogens with zero attached hydrogens (tertiary/aromatic N) is 1. The molecule has 0 spiro atoms. The van der Waals surface area contributed by atoms with Crippen LogP contribution in [-0.4, -0.2) is 66.3 Å². The van der Waals surface area contributed by atoms with Gasteiger partial charge in [-0.05, 0) is 36.8 Å². The van der Waals surface area contributed by atoms with E-state index in [1.807, 2.05) is 0 Å². The molecule has 0 aromatic heterocycles. The fraction of sp³-hybridized carbons (Fsp3) is 0.381. The highest BCUT2D eigenvalue weighted by atomic mass is 32.2. The van der Waals surface area contributed by atoms with Crippen LogP contribution < -0.4 is 19.5 Å². The van der Waals surface area contributed by atoms with Gasteiger partial charge in [-0.3, -0.25) is 4.79 Å². The van der Waals surface area contributed by atoms with Gasteiger partial charge in [-0.25, -0.2) is 8.42 Å². The van der Waals surface area contributed by atoms with Crippen molar-refractivity contribution in [3.63, 3.8) is 0 Å². The molecule has 3 rings (SSSR count). The van der Waals surface area contributed by atoms with Gasteiger partial charge < -0.3 is 24.3 Å². The van der Waals surface area contributed by atoms with Crippen LogP contribution in [0.4, 0.5) is 5.69 Å². The Kier molecular flexibility index (Phi) is 7.04. The van der Waals surface area contributed by atoms with Crippen molar-refractivity contribution >= 4 is 21.6 Å². The molecule has 9 nitrogen and oxygen atoms in total. The molecule has 1 aliphatic heterocycles. The summed E-state index contributed by atoms with van der Waals surface area (Å²) in [5, 5.41) is 2.78. The third-order valence-electron chi connectivity index (χ3n) is 4.99. The van der Waals surface area contributed by atoms with Crippen molar-refractivity contribution in [1.29, 1.82) is 0 Å². The molecule has 1 fully saturated rings. The zero-order chi connectivity index (χ0) is 22.6. The standard InChI is InChI=1S/C21H26N2O7S/c1-14-5-6-16(31(25,26)23-7-9-30-10-8-23)13-17(14)22-21(24)15-11-18(27-2)20(29-4)19(12-15)28-3/h5-6,11-13H,7-10H2,1-4H3,(H,22,24). The third-order valence-corrected chi connectivity index (χ3v) is 6.89. The summed E-state index contributed by atoms with van der Waals surface area (Å²) in [5.74, 6) is 0.611. The number of hydrogen-bond donors (Lipinski definition) is 1. The van der Waals surface area contributed by atoms with Crippen LogP contribution in [0.2, 0.25) is 0 Å². The molecule has 0 bridgehead atoms. The predicted molar refractivity (Wildman–Crippen MR) is 115 cm³/mol. The molecule has 1 aliphatic rings. The number of anilines is 1. The molecule has 2 aromatic carbocycles. The maximum Gasteiger partial charge on any atom is 0.255 e. The Morgan fingerprint density at radius 3 is 2.16 bits per heavy atom. The topological polar surface area (TPSA) is 103 Å². The van der Waals surface area contributed by atoms with Crippen LogP contribution in [0, 0.1) is 6.92 Å². The molecule has 1 N–H and O–H groups in total. The molecule has 0 atom stereocenters. The lowest BCUT2D eigenvalue weighted by Gasteiger charge is -2.26. The average Bonchev–Trinajstić information content (AvgIpc) is 2.79. The lowest BCUT2D eigenvalue weighted by Crippen LogP contribution is -2.40. The first kappa shape index (κ1) is 22.9. The number of carbonyl (C=O) groups is 1. The third kappa shape index (κ3) is 4.76. The van der Waals surface area contributed by atoms with Gasteiger partial charge in [-0.1, -0.05) is 6.07 Å². The van der Waals surface area contributed by atoms with Crippen LogP contribution in [0.5, 0.6) is 17.2 Å². The van der Waals surface area contributed by atoms with Crippen molar-refractivity contribution in [2.75, 3.05) is 52.9 Å². The molecule has 0 unspecified atom stereocenters. The quantitative estimate of drug-likeness (QED) is 0.690. The second-order valence-corrected chi connectivity index (χ2v) is 8.80. The molecule has 168 valence electrons. The minimum atomic E-state index is -3.69. The Bertz CT molecular complexity index is 1040. The van der Waals surface area contributed by atoms with Gasteiger partial charge in [0.1, 0.15) is 0 Å². The molecule has 1 heterocycles. The van der Waals surface area contributed by atoms with Crippen molar-refractivity contribution in [2.24, 2.45) is 0 Å². The van der Waals surface area contributed by atoms with Crippen LogP contribution in [0.15, 0.2) is 35.2 Å². The van der Waals surface area contributed by atoms with Gasteiger partial charge in [-0.2, -0.15) is 4.31 Å². The summed E-state index contributed by atoms with van der Waals surface area (Å²) in [4.78, 5) is 13.0. The zero-order valence-electron chi connectivity index (χ0n) is 17.9. The lowest BCUT2D eigenvalue weighted by atomic mass is 10.1.